The van der Waals surface area contributed by atoms with Gasteiger partial charge in [0, 0.05) is 23.3 Å². The number of amides is 1. The minimum Gasteiger partial charge on any atom is -0.376 e. The molecule has 168 valence electrons. The molecule has 2 heterocycles. The third-order valence-electron chi connectivity index (χ3n) is 5.69. The number of hydrogen-bond acceptors (Lipinski definition) is 7. The van der Waals surface area contributed by atoms with Gasteiger partial charge in [0.15, 0.2) is 16.7 Å². The van der Waals surface area contributed by atoms with Gasteiger partial charge in [0.1, 0.15) is 0 Å². The third-order valence-corrected chi connectivity index (χ3v) is 6.67. The van der Waals surface area contributed by atoms with E-state index in [0.29, 0.717) is 29.4 Å². The Morgan fingerprint density at radius 2 is 1.85 bits per heavy atom. The summed E-state index contributed by atoms with van der Waals surface area (Å²) in [6.45, 7) is 1.05. The van der Waals surface area contributed by atoms with Gasteiger partial charge in [-0.3, -0.25) is 19.0 Å². The highest BCUT2D eigenvalue weighted by Crippen LogP contribution is 2.32. The quantitative estimate of drug-likeness (QED) is 0.420. The molecule has 2 aromatic carbocycles. The van der Waals surface area contributed by atoms with Crippen LogP contribution in [0.5, 0.6) is 0 Å². The molecule has 1 fully saturated rings. The van der Waals surface area contributed by atoms with Crippen LogP contribution in [0.25, 0.3) is 0 Å². The Kier molecular flexibility index (Phi) is 5.69. The molecule has 1 aromatic heterocycles. The van der Waals surface area contributed by atoms with Gasteiger partial charge in [-0.25, -0.2) is 9.89 Å². The maximum Gasteiger partial charge on any atom is 0.344 e. The number of carbonyl (C=O) groups is 3. The summed E-state index contributed by atoms with van der Waals surface area (Å²) in [5.74, 6) is -0.966. The van der Waals surface area contributed by atoms with Crippen LogP contribution < -0.4 is 11.0 Å². The Morgan fingerprint density at radius 3 is 2.61 bits per heavy atom. The van der Waals surface area contributed by atoms with Gasteiger partial charge in [0.05, 0.1) is 29.7 Å². The second kappa shape index (κ2) is 8.80. The lowest BCUT2D eigenvalue weighted by atomic mass is 9.83. The molecule has 10 heteroatoms. The first-order valence-electron chi connectivity index (χ1n) is 10.5. The standard InChI is InChI=1S/C23H20N4O5S/c28-18(12-33-23-26-25-22(31)27(23)11-13-5-4-10-32-13)24-17-9-3-8-16-19(17)21(30)15-7-2-1-6-14(15)20(16)29/h1-3,6-9,13H,4-5,10-12H2,(H,24,28)(H,25,31). The van der Waals surface area contributed by atoms with E-state index in [1.165, 1.54) is 4.57 Å². The van der Waals surface area contributed by atoms with Crippen molar-refractivity contribution in [3.8, 4) is 0 Å². The van der Waals surface area contributed by atoms with Crippen molar-refractivity contribution in [1.82, 2.24) is 14.8 Å². The van der Waals surface area contributed by atoms with Crippen molar-refractivity contribution in [2.75, 3.05) is 17.7 Å². The summed E-state index contributed by atoms with van der Waals surface area (Å²) in [7, 11) is 0. The highest BCUT2D eigenvalue weighted by Gasteiger charge is 2.31. The predicted molar refractivity (Wildman–Crippen MR) is 121 cm³/mol. The number of fused-ring (bicyclic) bond motifs is 2. The van der Waals surface area contributed by atoms with E-state index in [2.05, 4.69) is 15.5 Å². The molecule has 0 radical (unpaired) electrons. The van der Waals surface area contributed by atoms with Crippen LogP contribution in [0, 0.1) is 0 Å². The molecule has 1 atom stereocenters. The fourth-order valence-electron chi connectivity index (χ4n) is 4.13. The molecule has 33 heavy (non-hydrogen) atoms. The number of hydrogen-bond donors (Lipinski definition) is 2. The first-order chi connectivity index (χ1) is 16.0. The van der Waals surface area contributed by atoms with Crippen LogP contribution >= 0.6 is 11.8 Å². The van der Waals surface area contributed by atoms with E-state index in [9.17, 15) is 19.2 Å². The first-order valence-corrected chi connectivity index (χ1v) is 11.5. The lowest BCUT2D eigenvalue weighted by Gasteiger charge is -2.20. The molecule has 1 saturated heterocycles. The summed E-state index contributed by atoms with van der Waals surface area (Å²) in [5, 5.41) is 9.55. The van der Waals surface area contributed by atoms with Crippen molar-refractivity contribution in [2.24, 2.45) is 0 Å². The van der Waals surface area contributed by atoms with Crippen LogP contribution in [-0.2, 0) is 16.1 Å². The molecule has 2 N–H and O–H groups in total. The van der Waals surface area contributed by atoms with Crippen molar-refractivity contribution in [1.29, 1.82) is 0 Å². The van der Waals surface area contributed by atoms with Crippen LogP contribution in [0.15, 0.2) is 52.4 Å². The molecule has 0 saturated carbocycles. The summed E-state index contributed by atoms with van der Waals surface area (Å²) in [6.07, 6.45) is 1.78. The Hall–Kier alpha value is -3.50. The molecular formula is C23H20N4O5S. The number of ketones is 2. The zero-order valence-corrected chi connectivity index (χ0v) is 18.3. The van der Waals surface area contributed by atoms with E-state index < -0.39 is 0 Å². The van der Waals surface area contributed by atoms with Gasteiger partial charge < -0.3 is 10.1 Å². The molecule has 5 rings (SSSR count). The van der Waals surface area contributed by atoms with Gasteiger partial charge in [-0.1, -0.05) is 48.2 Å². The maximum atomic E-state index is 13.1. The summed E-state index contributed by atoms with van der Waals surface area (Å²) < 4.78 is 7.06. The van der Waals surface area contributed by atoms with Crippen molar-refractivity contribution in [2.45, 2.75) is 30.6 Å². The van der Waals surface area contributed by atoms with E-state index in [1.54, 1.807) is 42.5 Å². The second-order valence-corrected chi connectivity index (χ2v) is 8.77. The Balaban J connectivity index is 1.32. The smallest absolute Gasteiger partial charge is 0.344 e. The molecule has 1 amide bonds. The SMILES string of the molecule is O=C(CSc1n[nH]c(=O)n1CC1CCCO1)Nc1cccc2c1C(=O)c1ccccc1C2=O. The van der Waals surface area contributed by atoms with Crippen LogP contribution in [0.3, 0.4) is 0 Å². The van der Waals surface area contributed by atoms with E-state index in [0.717, 1.165) is 24.6 Å². The molecule has 2 aliphatic rings. The van der Waals surface area contributed by atoms with Crippen LogP contribution in [0.2, 0.25) is 0 Å². The number of nitrogens with one attached hydrogen (secondary N) is 2. The minimum atomic E-state index is -0.383. The number of H-pyrrole nitrogens is 1. The molecule has 9 nitrogen and oxygen atoms in total. The summed E-state index contributed by atoms with van der Waals surface area (Å²) in [5.41, 5.74) is 1.06. The second-order valence-electron chi connectivity index (χ2n) is 7.83. The van der Waals surface area contributed by atoms with Gasteiger partial charge in [-0.2, -0.15) is 0 Å². The highest BCUT2D eigenvalue weighted by atomic mass is 32.2. The van der Waals surface area contributed by atoms with Crippen LogP contribution in [0.4, 0.5) is 5.69 Å². The maximum absolute atomic E-state index is 13.1. The zero-order chi connectivity index (χ0) is 22.9. The molecule has 1 aliphatic heterocycles. The third kappa shape index (κ3) is 4.03. The van der Waals surface area contributed by atoms with Crippen molar-refractivity contribution < 1.29 is 19.1 Å². The zero-order valence-electron chi connectivity index (χ0n) is 17.5. The van der Waals surface area contributed by atoms with E-state index in [-0.39, 0.29) is 51.8 Å². The molecule has 1 aliphatic carbocycles. The molecule has 0 spiro atoms. The predicted octanol–water partition coefficient (Wildman–Crippen LogP) is 2.26. The average molecular weight is 465 g/mol. The fourth-order valence-corrected chi connectivity index (χ4v) is 4.89. The summed E-state index contributed by atoms with van der Waals surface area (Å²) in [6, 6.07) is 11.5. The highest BCUT2D eigenvalue weighted by molar-refractivity contribution is 7.99. The number of aromatic nitrogens is 3. The fraction of sp³-hybridized carbons (Fsp3) is 0.261. The molecule has 3 aromatic rings. The number of thioether (sulfide) groups is 1. The monoisotopic (exact) mass is 464 g/mol. The normalized spacial score (nSPS) is 17.0. The van der Waals surface area contributed by atoms with Gasteiger partial charge in [0.2, 0.25) is 5.91 Å². The molecular weight excluding hydrogens is 444 g/mol. The largest absolute Gasteiger partial charge is 0.376 e. The summed E-state index contributed by atoms with van der Waals surface area (Å²) >= 11 is 1.11. The van der Waals surface area contributed by atoms with Crippen molar-refractivity contribution in [3.63, 3.8) is 0 Å². The van der Waals surface area contributed by atoms with E-state index in [4.69, 9.17) is 4.74 Å². The number of rotatable bonds is 6. The number of carbonyl (C=O) groups excluding carboxylic acids is 3. The number of ether oxygens (including phenoxy) is 1. The number of benzene rings is 2. The van der Waals surface area contributed by atoms with Crippen LogP contribution in [-0.4, -0.2) is 50.7 Å². The number of aromatic amines is 1. The lowest BCUT2D eigenvalue weighted by Crippen LogP contribution is -2.26. The van der Waals surface area contributed by atoms with Crippen LogP contribution in [0.1, 0.15) is 44.7 Å². The van der Waals surface area contributed by atoms with Crippen molar-refractivity contribution >= 4 is 34.9 Å². The van der Waals surface area contributed by atoms with Gasteiger partial charge in [0.25, 0.3) is 0 Å². The molecule has 1 unspecified atom stereocenters. The number of nitrogens with zero attached hydrogens (tertiary/aromatic N) is 2. The van der Waals surface area contributed by atoms with E-state index >= 15 is 0 Å². The first kappa shape index (κ1) is 21.4. The van der Waals surface area contributed by atoms with Gasteiger partial charge in [-0.15, -0.1) is 5.10 Å². The minimum absolute atomic E-state index is 0.0296. The molecule has 0 bridgehead atoms. The number of anilines is 1. The summed E-state index contributed by atoms with van der Waals surface area (Å²) in [4.78, 5) is 50.7. The van der Waals surface area contributed by atoms with Crippen molar-refractivity contribution in [3.05, 3.63) is 75.2 Å². The lowest BCUT2D eigenvalue weighted by molar-refractivity contribution is -0.113. The Bertz CT molecular complexity index is 1320. The average Bonchev–Trinajstić information content (AvgIpc) is 3.46. The van der Waals surface area contributed by atoms with E-state index in [1.807, 2.05) is 0 Å². The topological polar surface area (TPSA) is 123 Å². The Labute approximate surface area is 192 Å². The Morgan fingerprint density at radius 1 is 1.09 bits per heavy atom. The van der Waals surface area contributed by atoms with Gasteiger partial charge >= 0.3 is 5.69 Å². The van der Waals surface area contributed by atoms with Gasteiger partial charge in [-0.05, 0) is 18.9 Å².